The number of rotatable bonds is 10. The highest BCUT2D eigenvalue weighted by Gasteiger charge is 2.42. The average molecular weight is 569 g/mol. The fraction of sp³-hybridized carbons (Fsp3) is 0.583. The minimum Gasteiger partial charge on any atom is -0.378 e. The number of hydrogen-bond donors (Lipinski definition) is 0. The van der Waals surface area contributed by atoms with E-state index in [9.17, 15) is 0 Å². The molecule has 4 fully saturated rings. The maximum Gasteiger partial charge on any atom is 0.0658 e. The summed E-state index contributed by atoms with van der Waals surface area (Å²) in [5.74, 6) is 2.06. The molecule has 4 aliphatic rings. The Kier molecular flexibility index (Phi) is 8.92. The van der Waals surface area contributed by atoms with Crippen LogP contribution in [0.1, 0.15) is 79.3 Å². The van der Waals surface area contributed by atoms with Gasteiger partial charge in [0.15, 0.2) is 0 Å². The van der Waals surface area contributed by atoms with Crippen LogP contribution in [0.25, 0.3) is 0 Å². The first-order chi connectivity index (χ1) is 20.3. The van der Waals surface area contributed by atoms with Gasteiger partial charge >= 0.3 is 0 Å². The first kappa shape index (κ1) is 29.3. The van der Waals surface area contributed by atoms with Gasteiger partial charge in [-0.25, -0.2) is 0 Å². The Morgan fingerprint density at radius 2 is 1.38 bits per heavy atom. The summed E-state index contributed by atoms with van der Waals surface area (Å²) < 4.78 is 2.24. The van der Waals surface area contributed by atoms with E-state index in [1.807, 2.05) is 0 Å². The second-order valence-electron chi connectivity index (χ2n) is 13.8. The molecule has 1 aliphatic carbocycles. The monoisotopic (exact) mass is 568 g/mol. The Hall–Kier alpha value is -2.83. The summed E-state index contributed by atoms with van der Waals surface area (Å²) in [6.45, 7) is 5.50. The van der Waals surface area contributed by atoms with Gasteiger partial charge in [-0.15, -0.1) is 0 Å². The van der Waals surface area contributed by atoms with Crippen LogP contribution >= 0.6 is 0 Å². The molecule has 4 atom stereocenters. The Morgan fingerprint density at radius 1 is 0.786 bits per heavy atom. The van der Waals surface area contributed by atoms with Gasteiger partial charge in [0.05, 0.1) is 5.69 Å². The molecule has 3 saturated heterocycles. The lowest BCUT2D eigenvalue weighted by molar-refractivity contribution is 0.00763. The summed E-state index contributed by atoms with van der Waals surface area (Å²) >= 11 is 0. The molecule has 7 rings (SSSR count). The SMILES string of the molecule is CN(C)c1ccc(CN(Cc2ccc(N(C)C)cc2)C[C@H]2C[C@@H]3CCN2C[C@@H]3c2cc(C3CCCCC3)nn2C)cc1. The molecule has 3 aliphatic heterocycles. The smallest absolute Gasteiger partial charge is 0.0658 e. The van der Waals surface area contributed by atoms with Crippen LogP contribution in [-0.4, -0.2) is 73.4 Å². The van der Waals surface area contributed by atoms with Gasteiger partial charge in [0.1, 0.15) is 0 Å². The van der Waals surface area contributed by atoms with Crippen LogP contribution in [0.5, 0.6) is 0 Å². The zero-order valence-corrected chi connectivity index (χ0v) is 26.7. The number of anilines is 2. The number of aryl methyl sites for hydroxylation is 1. The molecule has 0 spiro atoms. The van der Waals surface area contributed by atoms with Gasteiger partial charge in [0.25, 0.3) is 0 Å². The first-order valence-electron chi connectivity index (χ1n) is 16.4. The Morgan fingerprint density at radius 3 is 1.90 bits per heavy atom. The molecule has 42 heavy (non-hydrogen) atoms. The molecular weight excluding hydrogens is 516 g/mol. The summed E-state index contributed by atoms with van der Waals surface area (Å²) in [6.07, 6.45) is 9.40. The van der Waals surface area contributed by atoms with Gasteiger partial charge in [-0.3, -0.25) is 14.5 Å². The van der Waals surface area contributed by atoms with Crippen molar-refractivity contribution in [3.8, 4) is 0 Å². The van der Waals surface area contributed by atoms with Crippen molar-refractivity contribution >= 4 is 11.4 Å². The lowest BCUT2D eigenvalue weighted by Crippen LogP contribution is -2.56. The Labute approximate surface area is 254 Å². The summed E-state index contributed by atoms with van der Waals surface area (Å²) in [6, 6.07) is 21.4. The molecule has 2 bridgehead atoms. The van der Waals surface area contributed by atoms with E-state index in [2.05, 4.69) is 114 Å². The van der Waals surface area contributed by atoms with E-state index in [1.54, 1.807) is 0 Å². The predicted octanol–water partition coefficient (Wildman–Crippen LogP) is 6.48. The largest absolute Gasteiger partial charge is 0.378 e. The van der Waals surface area contributed by atoms with Crippen LogP contribution in [0.15, 0.2) is 54.6 Å². The normalized spacial score (nSPS) is 24.3. The standard InChI is InChI=1S/C36H52N6/c1-38(2)31-15-11-27(12-16-31)23-41(24-28-13-17-32(18-14-28)39(3)4)25-33-21-30-19-20-42(33)26-34(30)36-22-35(37-40(36)5)29-9-7-6-8-10-29/h11-18,22,29-30,33-34H,6-10,19-21,23-26H2,1-5H3/t30-,33+,34-/m0/s1. The molecule has 1 saturated carbocycles. The van der Waals surface area contributed by atoms with Crippen LogP contribution < -0.4 is 9.80 Å². The van der Waals surface area contributed by atoms with Crippen molar-refractivity contribution in [2.45, 2.75) is 75.9 Å². The van der Waals surface area contributed by atoms with Crippen molar-refractivity contribution < 1.29 is 0 Å². The van der Waals surface area contributed by atoms with E-state index in [0.717, 1.165) is 25.6 Å². The molecular formula is C36H52N6. The lowest BCUT2D eigenvalue weighted by Gasteiger charge is -2.51. The van der Waals surface area contributed by atoms with Crippen LogP contribution in [0.2, 0.25) is 0 Å². The second-order valence-corrected chi connectivity index (χ2v) is 13.8. The van der Waals surface area contributed by atoms with Crippen molar-refractivity contribution in [3.05, 3.63) is 77.1 Å². The summed E-state index contributed by atoms with van der Waals surface area (Å²) in [7, 11) is 10.6. The zero-order chi connectivity index (χ0) is 29.2. The number of fused-ring (bicyclic) bond motifs is 3. The number of piperidine rings is 3. The van der Waals surface area contributed by atoms with E-state index >= 15 is 0 Å². The molecule has 1 aromatic heterocycles. The average Bonchev–Trinajstić information content (AvgIpc) is 3.40. The molecule has 6 nitrogen and oxygen atoms in total. The van der Waals surface area contributed by atoms with E-state index in [4.69, 9.17) is 5.10 Å². The Bertz CT molecular complexity index is 1230. The van der Waals surface area contributed by atoms with Crippen molar-refractivity contribution in [1.82, 2.24) is 19.6 Å². The third kappa shape index (κ3) is 6.55. The van der Waals surface area contributed by atoms with Crippen LogP contribution in [0, 0.1) is 5.92 Å². The summed E-state index contributed by atoms with van der Waals surface area (Å²) in [5, 5.41) is 5.07. The molecule has 1 unspecified atom stereocenters. The second kappa shape index (κ2) is 12.8. The van der Waals surface area contributed by atoms with E-state index in [-0.39, 0.29) is 0 Å². The third-order valence-corrected chi connectivity index (χ3v) is 10.4. The van der Waals surface area contributed by atoms with Crippen molar-refractivity contribution in [3.63, 3.8) is 0 Å². The number of benzene rings is 2. The molecule has 226 valence electrons. The van der Waals surface area contributed by atoms with Gasteiger partial charge in [-0.2, -0.15) is 5.10 Å². The fourth-order valence-corrected chi connectivity index (χ4v) is 7.91. The van der Waals surface area contributed by atoms with E-state index in [1.165, 1.54) is 91.9 Å². The fourth-order valence-electron chi connectivity index (χ4n) is 7.91. The summed E-state index contributed by atoms with van der Waals surface area (Å²) in [5.41, 5.74) is 8.16. The number of hydrogen-bond acceptors (Lipinski definition) is 5. The quantitative estimate of drug-likeness (QED) is 0.279. The Balaban J connectivity index is 1.16. The van der Waals surface area contributed by atoms with Crippen molar-refractivity contribution in [2.75, 3.05) is 57.6 Å². The highest BCUT2D eigenvalue weighted by atomic mass is 15.3. The first-order valence-corrected chi connectivity index (χ1v) is 16.4. The minimum absolute atomic E-state index is 0.619. The highest BCUT2D eigenvalue weighted by molar-refractivity contribution is 5.47. The molecule has 2 aromatic carbocycles. The van der Waals surface area contributed by atoms with Crippen molar-refractivity contribution in [1.29, 1.82) is 0 Å². The van der Waals surface area contributed by atoms with E-state index < -0.39 is 0 Å². The summed E-state index contributed by atoms with van der Waals surface area (Å²) in [4.78, 5) is 9.86. The van der Waals surface area contributed by atoms with Gasteiger partial charge in [-0.1, -0.05) is 43.5 Å². The van der Waals surface area contributed by atoms with Crippen LogP contribution in [0.3, 0.4) is 0 Å². The lowest BCUT2D eigenvalue weighted by atomic mass is 9.73. The molecule has 3 aromatic rings. The zero-order valence-electron chi connectivity index (χ0n) is 26.7. The predicted molar refractivity (Wildman–Crippen MR) is 176 cm³/mol. The van der Waals surface area contributed by atoms with Gasteiger partial charge in [0, 0.05) is 96.4 Å². The minimum atomic E-state index is 0.619. The molecule has 0 amide bonds. The highest BCUT2D eigenvalue weighted by Crippen LogP contribution is 2.43. The van der Waals surface area contributed by atoms with Crippen LogP contribution in [-0.2, 0) is 20.1 Å². The van der Waals surface area contributed by atoms with E-state index in [0.29, 0.717) is 17.9 Å². The molecule has 4 heterocycles. The maximum absolute atomic E-state index is 5.07. The number of aromatic nitrogens is 2. The molecule has 0 radical (unpaired) electrons. The third-order valence-electron chi connectivity index (χ3n) is 10.4. The number of nitrogens with zero attached hydrogens (tertiary/aromatic N) is 6. The molecule has 0 N–H and O–H groups in total. The molecule has 6 heteroatoms. The topological polar surface area (TPSA) is 30.8 Å². The van der Waals surface area contributed by atoms with Gasteiger partial charge in [-0.05, 0) is 79.6 Å². The van der Waals surface area contributed by atoms with Gasteiger partial charge < -0.3 is 9.80 Å². The van der Waals surface area contributed by atoms with Crippen LogP contribution in [0.4, 0.5) is 11.4 Å². The van der Waals surface area contributed by atoms with Crippen molar-refractivity contribution in [2.24, 2.45) is 13.0 Å². The maximum atomic E-state index is 5.07. The van der Waals surface area contributed by atoms with Gasteiger partial charge in [0.2, 0.25) is 0 Å².